The number of nitrogens with zero attached hydrogens (tertiary/aromatic N) is 1. The van der Waals surface area contributed by atoms with E-state index < -0.39 is 28.9 Å². The fraction of sp³-hybridized carbons (Fsp3) is 0.750. The second-order valence-corrected chi connectivity index (χ2v) is 5.07. The third-order valence-electron chi connectivity index (χ3n) is 2.20. The Kier molecular flexibility index (Phi) is 4.69. The molecular weight excluding hydrogens is 236 g/mol. The fourth-order valence-corrected chi connectivity index (χ4v) is 2.28. The molecule has 2 amide bonds. The molecule has 1 fully saturated rings. The minimum Gasteiger partial charge on any atom is -0.479 e. The van der Waals surface area contributed by atoms with Crippen molar-refractivity contribution in [2.24, 2.45) is 0 Å². The maximum atomic E-state index is 11.4. The summed E-state index contributed by atoms with van der Waals surface area (Å²) >= 11 is 0. The Labute approximate surface area is 94.9 Å². The van der Waals surface area contributed by atoms with Crippen LogP contribution in [0.15, 0.2) is 0 Å². The molecule has 3 N–H and O–H groups in total. The van der Waals surface area contributed by atoms with E-state index >= 15 is 0 Å². The molecule has 7 nitrogen and oxygen atoms in total. The minimum absolute atomic E-state index is 0.326. The highest BCUT2D eigenvalue weighted by Crippen LogP contribution is 2.00. The van der Waals surface area contributed by atoms with E-state index in [2.05, 4.69) is 5.32 Å². The summed E-state index contributed by atoms with van der Waals surface area (Å²) in [4.78, 5) is 23.2. The smallest absolute Gasteiger partial charge is 0.334 e. The highest BCUT2D eigenvalue weighted by Gasteiger charge is 2.21. The predicted molar refractivity (Wildman–Crippen MR) is 56.5 cm³/mol. The lowest BCUT2D eigenvalue weighted by atomic mass is 10.3. The molecule has 1 heterocycles. The summed E-state index contributed by atoms with van der Waals surface area (Å²) in [5.41, 5.74) is 0. The average molecular weight is 250 g/mol. The summed E-state index contributed by atoms with van der Waals surface area (Å²) in [5.74, 6) is -0.496. The lowest BCUT2D eigenvalue weighted by molar-refractivity contribution is -0.146. The van der Waals surface area contributed by atoms with Crippen LogP contribution in [0.3, 0.4) is 0 Å². The van der Waals surface area contributed by atoms with Crippen molar-refractivity contribution >= 4 is 22.8 Å². The molecule has 0 aromatic heterocycles. The number of hydrogen-bond donors (Lipinski definition) is 3. The van der Waals surface area contributed by atoms with Gasteiger partial charge in [-0.3, -0.25) is 4.21 Å². The second-order valence-electron chi connectivity index (χ2n) is 3.38. The maximum absolute atomic E-state index is 11.4. The standard InChI is InChI=1S/C8H14N2O5S/c11-6(7(12)13)5-9-8(14)10-1-3-16(15)4-2-10/h6,11H,1-5H2,(H,9,14)(H,12,13)/t6-/m0/s1. The van der Waals surface area contributed by atoms with Crippen LogP contribution in [0.1, 0.15) is 0 Å². The third kappa shape index (κ3) is 3.78. The van der Waals surface area contributed by atoms with Crippen LogP contribution in [0.25, 0.3) is 0 Å². The molecule has 0 spiro atoms. The number of carboxylic acid groups (broad SMARTS) is 1. The van der Waals surface area contributed by atoms with E-state index in [0.717, 1.165) is 0 Å². The lowest BCUT2D eigenvalue weighted by Crippen LogP contribution is -2.49. The number of urea groups is 1. The molecule has 8 heteroatoms. The van der Waals surface area contributed by atoms with Crippen molar-refractivity contribution in [1.29, 1.82) is 0 Å². The zero-order valence-electron chi connectivity index (χ0n) is 8.59. The van der Waals surface area contributed by atoms with E-state index in [9.17, 15) is 13.8 Å². The number of hydrogen-bond acceptors (Lipinski definition) is 4. The van der Waals surface area contributed by atoms with Gasteiger partial charge in [-0.15, -0.1) is 0 Å². The molecule has 0 aliphatic carbocycles. The number of aliphatic hydroxyl groups excluding tert-OH is 1. The van der Waals surface area contributed by atoms with Crippen LogP contribution >= 0.6 is 0 Å². The van der Waals surface area contributed by atoms with Crippen LogP contribution < -0.4 is 5.32 Å². The van der Waals surface area contributed by atoms with Crippen molar-refractivity contribution in [2.45, 2.75) is 6.10 Å². The molecule has 1 rings (SSSR count). The fourth-order valence-electron chi connectivity index (χ4n) is 1.22. The Hall–Kier alpha value is -1.15. The zero-order valence-corrected chi connectivity index (χ0v) is 9.40. The van der Waals surface area contributed by atoms with E-state index in [1.165, 1.54) is 4.90 Å². The van der Waals surface area contributed by atoms with E-state index in [0.29, 0.717) is 24.6 Å². The molecule has 0 saturated carbocycles. The van der Waals surface area contributed by atoms with Gasteiger partial charge in [-0.1, -0.05) is 0 Å². The van der Waals surface area contributed by atoms with Gasteiger partial charge in [-0.25, -0.2) is 9.59 Å². The zero-order chi connectivity index (χ0) is 12.1. The van der Waals surface area contributed by atoms with Gasteiger partial charge < -0.3 is 20.4 Å². The molecule has 1 aliphatic rings. The van der Waals surface area contributed by atoms with Gasteiger partial charge in [0.2, 0.25) is 0 Å². The molecule has 1 saturated heterocycles. The van der Waals surface area contributed by atoms with Crippen molar-refractivity contribution in [3.05, 3.63) is 0 Å². The molecule has 92 valence electrons. The summed E-state index contributed by atoms with van der Waals surface area (Å²) in [6.45, 7) is 0.455. The first kappa shape index (κ1) is 12.9. The molecule has 0 unspecified atom stereocenters. The first-order chi connectivity index (χ1) is 7.50. The number of carboxylic acids is 1. The molecule has 1 atom stereocenters. The van der Waals surface area contributed by atoms with Gasteiger partial charge in [0.1, 0.15) is 0 Å². The normalized spacial score (nSPS) is 19.2. The summed E-state index contributed by atoms with van der Waals surface area (Å²) < 4.78 is 11.0. The van der Waals surface area contributed by atoms with Gasteiger partial charge in [-0.05, 0) is 0 Å². The summed E-state index contributed by atoms with van der Waals surface area (Å²) in [7, 11) is -0.863. The van der Waals surface area contributed by atoms with Gasteiger partial charge >= 0.3 is 12.0 Å². The quantitative estimate of drug-likeness (QED) is 0.548. The van der Waals surface area contributed by atoms with Crippen LogP contribution in [0.5, 0.6) is 0 Å². The predicted octanol–water partition coefficient (Wildman–Crippen LogP) is -1.79. The van der Waals surface area contributed by atoms with Crippen molar-refractivity contribution in [2.75, 3.05) is 31.1 Å². The van der Waals surface area contributed by atoms with Gasteiger partial charge in [0.05, 0.1) is 6.54 Å². The molecular formula is C8H14N2O5S. The van der Waals surface area contributed by atoms with Crippen molar-refractivity contribution < 1.29 is 24.0 Å². The average Bonchev–Trinajstić information content (AvgIpc) is 2.26. The number of amides is 2. The SMILES string of the molecule is O=C(O)[C@@H](O)CNC(=O)N1CCS(=O)CC1. The van der Waals surface area contributed by atoms with E-state index in [1.807, 2.05) is 0 Å². The minimum atomic E-state index is -1.59. The molecule has 16 heavy (non-hydrogen) atoms. The Balaban J connectivity index is 2.30. The van der Waals surface area contributed by atoms with Crippen molar-refractivity contribution in [3.63, 3.8) is 0 Å². The summed E-state index contributed by atoms with van der Waals surface area (Å²) in [5, 5.41) is 19.6. The molecule has 0 aromatic carbocycles. The number of aliphatic hydroxyl groups is 1. The highest BCUT2D eigenvalue weighted by molar-refractivity contribution is 7.85. The van der Waals surface area contributed by atoms with Gasteiger partial charge in [0.25, 0.3) is 0 Å². The number of nitrogens with one attached hydrogen (secondary N) is 1. The van der Waals surface area contributed by atoms with E-state index in [1.54, 1.807) is 0 Å². The monoisotopic (exact) mass is 250 g/mol. The van der Waals surface area contributed by atoms with Crippen LogP contribution in [0.2, 0.25) is 0 Å². The lowest BCUT2D eigenvalue weighted by Gasteiger charge is -2.26. The van der Waals surface area contributed by atoms with E-state index in [4.69, 9.17) is 10.2 Å². The number of carbonyl (C=O) groups excluding carboxylic acids is 1. The van der Waals surface area contributed by atoms with Gasteiger partial charge in [0.15, 0.2) is 6.10 Å². The Morgan fingerprint density at radius 3 is 2.44 bits per heavy atom. The Bertz CT molecular complexity index is 299. The van der Waals surface area contributed by atoms with Crippen LogP contribution in [-0.2, 0) is 15.6 Å². The first-order valence-electron chi connectivity index (χ1n) is 4.79. The largest absolute Gasteiger partial charge is 0.479 e. The number of rotatable bonds is 3. The first-order valence-corrected chi connectivity index (χ1v) is 6.28. The van der Waals surface area contributed by atoms with Gasteiger partial charge in [0, 0.05) is 35.4 Å². The Morgan fingerprint density at radius 2 is 1.94 bits per heavy atom. The second kappa shape index (κ2) is 5.80. The van der Waals surface area contributed by atoms with Gasteiger partial charge in [-0.2, -0.15) is 0 Å². The topological polar surface area (TPSA) is 107 Å². The van der Waals surface area contributed by atoms with Crippen LogP contribution in [0, 0.1) is 0 Å². The molecule has 0 aromatic rings. The molecule has 1 aliphatic heterocycles. The van der Waals surface area contributed by atoms with Crippen molar-refractivity contribution in [3.8, 4) is 0 Å². The summed E-state index contributed by atoms with van der Waals surface area (Å²) in [6, 6.07) is -0.433. The van der Waals surface area contributed by atoms with Crippen molar-refractivity contribution in [1.82, 2.24) is 10.2 Å². The summed E-state index contributed by atoms with van der Waals surface area (Å²) in [6.07, 6.45) is -1.59. The third-order valence-corrected chi connectivity index (χ3v) is 3.47. The highest BCUT2D eigenvalue weighted by atomic mass is 32.2. The van der Waals surface area contributed by atoms with Crippen LogP contribution in [0.4, 0.5) is 4.79 Å². The molecule has 0 radical (unpaired) electrons. The number of aliphatic carboxylic acids is 1. The maximum Gasteiger partial charge on any atom is 0.334 e. The Morgan fingerprint density at radius 1 is 1.38 bits per heavy atom. The molecule has 0 bridgehead atoms. The van der Waals surface area contributed by atoms with Crippen LogP contribution in [-0.4, -0.2) is 68.6 Å². The van der Waals surface area contributed by atoms with E-state index in [-0.39, 0.29) is 6.54 Å². The number of carbonyl (C=O) groups is 2.